The molecule has 0 saturated carbocycles. The minimum atomic E-state index is -0.123. The van der Waals surface area contributed by atoms with Gasteiger partial charge in [-0.15, -0.1) is 0 Å². The van der Waals surface area contributed by atoms with Crippen molar-refractivity contribution in [1.29, 1.82) is 0 Å². The molecule has 0 spiro atoms. The fraction of sp³-hybridized carbons (Fsp3) is 0.105. The Hall–Kier alpha value is -3.61. The molecule has 0 aliphatic rings. The van der Waals surface area contributed by atoms with E-state index < -0.39 is 0 Å². The van der Waals surface area contributed by atoms with Crippen LogP contribution in [0.3, 0.4) is 0 Å². The van der Waals surface area contributed by atoms with Gasteiger partial charge in [-0.3, -0.25) is 14.8 Å². The molecule has 0 bridgehead atoms. The molecule has 0 aliphatic carbocycles. The van der Waals surface area contributed by atoms with E-state index in [1.54, 1.807) is 24.7 Å². The summed E-state index contributed by atoms with van der Waals surface area (Å²) < 4.78 is 5.21. The maximum atomic E-state index is 12.3. The maximum absolute atomic E-state index is 12.3. The van der Waals surface area contributed by atoms with Gasteiger partial charge in [0, 0.05) is 42.4 Å². The number of hydrogen-bond donors (Lipinski definition) is 1. The zero-order valence-corrected chi connectivity index (χ0v) is 13.8. The summed E-state index contributed by atoms with van der Waals surface area (Å²) in [5, 5.41) is 7.74. The van der Waals surface area contributed by atoms with Gasteiger partial charge in [-0.1, -0.05) is 11.2 Å². The average molecular weight is 345 g/mol. The summed E-state index contributed by atoms with van der Waals surface area (Å²) in [5.74, 6) is 0.759. The summed E-state index contributed by atoms with van der Waals surface area (Å²) in [6.45, 7) is 0. The number of rotatable bonds is 5. The fourth-order valence-electron chi connectivity index (χ4n) is 2.61. The van der Waals surface area contributed by atoms with Crippen molar-refractivity contribution in [2.24, 2.45) is 0 Å². The van der Waals surface area contributed by atoms with E-state index >= 15 is 0 Å². The lowest BCUT2D eigenvalue weighted by Gasteiger charge is -2.07. The van der Waals surface area contributed by atoms with Crippen LogP contribution in [0.15, 0.2) is 65.6 Å². The molecule has 7 nitrogen and oxygen atoms in total. The summed E-state index contributed by atoms with van der Waals surface area (Å²) in [6, 6.07) is 13.1. The quantitative estimate of drug-likeness (QED) is 0.597. The summed E-state index contributed by atoms with van der Waals surface area (Å²) in [7, 11) is 0. The van der Waals surface area contributed by atoms with Crippen LogP contribution in [-0.4, -0.2) is 26.0 Å². The van der Waals surface area contributed by atoms with Gasteiger partial charge in [0.25, 0.3) is 0 Å². The molecular formula is C19H15N5O2. The second kappa shape index (κ2) is 7.10. The van der Waals surface area contributed by atoms with Gasteiger partial charge in [-0.05, 0) is 36.4 Å². The Balaban J connectivity index is 1.41. The van der Waals surface area contributed by atoms with Gasteiger partial charge in [-0.25, -0.2) is 0 Å². The number of nitrogens with zero attached hydrogens (tertiary/aromatic N) is 4. The smallest absolute Gasteiger partial charge is 0.227 e. The van der Waals surface area contributed by atoms with Crippen molar-refractivity contribution in [2.45, 2.75) is 12.8 Å². The van der Waals surface area contributed by atoms with Crippen LogP contribution < -0.4 is 5.32 Å². The van der Waals surface area contributed by atoms with E-state index in [9.17, 15) is 4.79 Å². The number of carbonyl (C=O) groups excluding carboxylic acids is 1. The number of fused-ring (bicyclic) bond motifs is 1. The lowest BCUT2D eigenvalue weighted by molar-refractivity contribution is -0.116. The predicted octanol–water partition coefficient (Wildman–Crippen LogP) is 3.25. The Bertz CT molecular complexity index is 1040. The number of amides is 1. The standard InChI is InChI=1S/C19H15N5O2/c25-17(22-16-7-1-6-15-14(16)5-3-11-21-15)8-9-18-23-19(24-26-18)13-4-2-10-20-12-13/h1-7,10-12H,8-9H2,(H,22,25). The van der Waals surface area contributed by atoms with Gasteiger partial charge in [0.2, 0.25) is 17.6 Å². The largest absolute Gasteiger partial charge is 0.339 e. The van der Waals surface area contributed by atoms with E-state index in [4.69, 9.17) is 4.52 Å². The van der Waals surface area contributed by atoms with E-state index in [1.807, 2.05) is 36.4 Å². The molecule has 7 heteroatoms. The first kappa shape index (κ1) is 15.9. The van der Waals surface area contributed by atoms with Crippen molar-refractivity contribution in [3.63, 3.8) is 0 Å². The summed E-state index contributed by atoms with van der Waals surface area (Å²) in [6.07, 6.45) is 5.67. The molecule has 3 heterocycles. The fourth-order valence-corrected chi connectivity index (χ4v) is 2.61. The second-order valence-electron chi connectivity index (χ2n) is 5.68. The van der Waals surface area contributed by atoms with Crippen LogP contribution >= 0.6 is 0 Å². The number of carbonyl (C=O) groups is 1. The van der Waals surface area contributed by atoms with Crippen molar-refractivity contribution in [3.05, 3.63) is 66.9 Å². The van der Waals surface area contributed by atoms with Crippen LogP contribution in [-0.2, 0) is 11.2 Å². The molecule has 4 aromatic rings. The molecule has 1 N–H and O–H groups in total. The highest BCUT2D eigenvalue weighted by Crippen LogP contribution is 2.21. The Morgan fingerprint density at radius 1 is 1.08 bits per heavy atom. The molecule has 26 heavy (non-hydrogen) atoms. The van der Waals surface area contributed by atoms with Gasteiger partial charge in [-0.2, -0.15) is 4.98 Å². The lowest BCUT2D eigenvalue weighted by atomic mass is 10.1. The third-order valence-corrected chi connectivity index (χ3v) is 3.87. The number of pyridine rings is 2. The molecule has 0 saturated heterocycles. The summed E-state index contributed by atoms with van der Waals surface area (Å²) >= 11 is 0. The summed E-state index contributed by atoms with van der Waals surface area (Å²) in [4.78, 5) is 24.9. The number of anilines is 1. The molecule has 0 radical (unpaired) electrons. The topological polar surface area (TPSA) is 93.8 Å². The van der Waals surface area contributed by atoms with Crippen LogP contribution in [0.2, 0.25) is 0 Å². The normalized spacial score (nSPS) is 10.8. The Morgan fingerprint density at radius 3 is 2.88 bits per heavy atom. The monoisotopic (exact) mass is 345 g/mol. The van der Waals surface area contributed by atoms with Crippen molar-refractivity contribution < 1.29 is 9.32 Å². The number of nitrogens with one attached hydrogen (secondary N) is 1. The van der Waals surface area contributed by atoms with Crippen LogP contribution in [0, 0.1) is 0 Å². The second-order valence-corrected chi connectivity index (χ2v) is 5.68. The minimum Gasteiger partial charge on any atom is -0.339 e. The van der Waals surface area contributed by atoms with Crippen LogP contribution in [0.4, 0.5) is 5.69 Å². The molecular weight excluding hydrogens is 330 g/mol. The molecule has 1 aromatic carbocycles. The first-order valence-electron chi connectivity index (χ1n) is 8.16. The zero-order chi connectivity index (χ0) is 17.8. The molecule has 4 rings (SSSR count). The highest BCUT2D eigenvalue weighted by Gasteiger charge is 2.11. The lowest BCUT2D eigenvalue weighted by Crippen LogP contribution is -2.12. The van der Waals surface area contributed by atoms with E-state index in [1.165, 1.54) is 0 Å². The number of aryl methyl sites for hydroxylation is 1. The summed E-state index contributed by atoms with van der Waals surface area (Å²) in [5.41, 5.74) is 2.35. The van der Waals surface area contributed by atoms with E-state index in [0.29, 0.717) is 18.1 Å². The van der Waals surface area contributed by atoms with E-state index in [-0.39, 0.29) is 12.3 Å². The number of hydrogen-bond acceptors (Lipinski definition) is 6. The molecule has 0 fully saturated rings. The Morgan fingerprint density at radius 2 is 2.00 bits per heavy atom. The van der Waals surface area contributed by atoms with Gasteiger partial charge in [0.05, 0.1) is 11.2 Å². The van der Waals surface area contributed by atoms with Crippen molar-refractivity contribution in [3.8, 4) is 11.4 Å². The molecule has 0 aliphatic heterocycles. The zero-order valence-electron chi connectivity index (χ0n) is 13.8. The molecule has 128 valence electrons. The van der Waals surface area contributed by atoms with Gasteiger partial charge < -0.3 is 9.84 Å². The van der Waals surface area contributed by atoms with E-state index in [2.05, 4.69) is 25.4 Å². The van der Waals surface area contributed by atoms with Crippen molar-refractivity contribution >= 4 is 22.5 Å². The van der Waals surface area contributed by atoms with Crippen molar-refractivity contribution in [2.75, 3.05) is 5.32 Å². The molecule has 3 aromatic heterocycles. The molecule has 0 unspecified atom stereocenters. The average Bonchev–Trinajstić information content (AvgIpc) is 3.17. The van der Waals surface area contributed by atoms with Crippen LogP contribution in [0.25, 0.3) is 22.3 Å². The van der Waals surface area contributed by atoms with E-state index in [0.717, 1.165) is 22.2 Å². The highest BCUT2D eigenvalue weighted by molar-refractivity contribution is 6.00. The Labute approximate surface area is 149 Å². The maximum Gasteiger partial charge on any atom is 0.227 e. The number of aromatic nitrogens is 4. The van der Waals surface area contributed by atoms with Gasteiger partial charge >= 0.3 is 0 Å². The number of benzene rings is 1. The molecule has 0 atom stereocenters. The van der Waals surface area contributed by atoms with Crippen LogP contribution in [0.1, 0.15) is 12.3 Å². The predicted molar refractivity (Wildman–Crippen MR) is 96.2 cm³/mol. The first-order chi connectivity index (χ1) is 12.8. The highest BCUT2D eigenvalue weighted by atomic mass is 16.5. The first-order valence-corrected chi connectivity index (χ1v) is 8.16. The third-order valence-electron chi connectivity index (χ3n) is 3.87. The Kier molecular flexibility index (Phi) is 4.34. The molecule has 1 amide bonds. The van der Waals surface area contributed by atoms with Crippen molar-refractivity contribution in [1.82, 2.24) is 20.1 Å². The third kappa shape index (κ3) is 3.41. The van der Waals surface area contributed by atoms with Crippen LogP contribution in [0.5, 0.6) is 0 Å². The SMILES string of the molecule is O=C(CCc1nc(-c2cccnc2)no1)Nc1cccc2ncccc12. The minimum absolute atomic E-state index is 0.123. The van der Waals surface area contributed by atoms with Gasteiger partial charge in [0.15, 0.2) is 0 Å². The van der Waals surface area contributed by atoms with Gasteiger partial charge in [0.1, 0.15) is 0 Å².